The molecule has 0 spiro atoms. The molecule has 0 radical (unpaired) electrons. The predicted molar refractivity (Wildman–Crippen MR) is 39.2 cm³/mol. The molecule has 1 heterocycles. The number of aliphatic imine (C=N–C) groups is 1. The maximum Gasteiger partial charge on any atom is 0.240 e. The summed E-state index contributed by atoms with van der Waals surface area (Å²) in [5.41, 5.74) is 0. The largest absolute Gasteiger partial charge is 0.355 e. The molecule has 0 saturated heterocycles. The molecule has 0 unspecified atom stereocenters. The van der Waals surface area contributed by atoms with Crippen molar-refractivity contribution in [3.8, 4) is 0 Å². The highest BCUT2D eigenvalue weighted by molar-refractivity contribution is 6.64. The lowest BCUT2D eigenvalue weighted by Crippen LogP contribution is -2.36. The Kier molecular flexibility index (Phi) is 2.50. The average molecular weight is 162 g/mol. The van der Waals surface area contributed by atoms with E-state index in [-0.39, 0.29) is 6.54 Å². The average Bonchev–Trinajstić information content (AvgIpc) is 2.34. The van der Waals surface area contributed by atoms with Crippen LogP contribution in [0.15, 0.2) is 4.99 Å². The van der Waals surface area contributed by atoms with Crippen molar-refractivity contribution in [1.29, 1.82) is 0 Å². The molecule has 0 atom stereocenters. The Morgan fingerprint density at radius 3 is 3.20 bits per heavy atom. The summed E-state index contributed by atoms with van der Waals surface area (Å²) in [5.74, 6) is 0.661. The molecule has 0 aromatic heterocycles. The first-order valence-electron chi connectivity index (χ1n) is 2.99. The molecule has 0 amide bonds. The van der Waals surface area contributed by atoms with E-state index in [9.17, 15) is 4.79 Å². The first-order valence-corrected chi connectivity index (χ1v) is 3.37. The Morgan fingerprint density at radius 1 is 1.90 bits per heavy atom. The van der Waals surface area contributed by atoms with Crippen LogP contribution in [-0.4, -0.2) is 30.8 Å². The van der Waals surface area contributed by atoms with Gasteiger partial charge in [-0.05, 0) is 11.6 Å². The summed E-state index contributed by atoms with van der Waals surface area (Å²) >= 11 is 5.07. The highest BCUT2D eigenvalue weighted by Crippen LogP contribution is 1.81. The number of carbonyl (C=O) groups is 1. The van der Waals surface area contributed by atoms with Crippen molar-refractivity contribution < 1.29 is 4.79 Å². The first-order chi connectivity index (χ1) is 4.79. The van der Waals surface area contributed by atoms with E-state index in [0.29, 0.717) is 5.96 Å². The van der Waals surface area contributed by atoms with Gasteiger partial charge in [0.25, 0.3) is 0 Å². The highest BCUT2D eigenvalue weighted by Gasteiger charge is 2.04. The van der Waals surface area contributed by atoms with Crippen LogP contribution in [0.1, 0.15) is 0 Å². The fraction of sp³-hybridized carbons (Fsp3) is 0.600. The smallest absolute Gasteiger partial charge is 0.240 e. The maximum absolute atomic E-state index is 10.2. The zero-order valence-electron chi connectivity index (χ0n) is 5.35. The number of nitrogens with one attached hydrogen (secondary N) is 2. The molecule has 1 aliphatic heterocycles. The van der Waals surface area contributed by atoms with Crippen molar-refractivity contribution >= 4 is 22.8 Å². The molecule has 56 valence electrons. The van der Waals surface area contributed by atoms with Gasteiger partial charge in [0.05, 0.1) is 13.1 Å². The zero-order valence-corrected chi connectivity index (χ0v) is 6.11. The molecule has 10 heavy (non-hydrogen) atoms. The lowest BCUT2D eigenvalue weighted by atomic mass is 10.7. The molecular weight excluding hydrogens is 154 g/mol. The van der Waals surface area contributed by atoms with E-state index in [4.69, 9.17) is 11.6 Å². The van der Waals surface area contributed by atoms with Crippen LogP contribution in [0.4, 0.5) is 0 Å². The van der Waals surface area contributed by atoms with E-state index >= 15 is 0 Å². The molecule has 5 heteroatoms. The van der Waals surface area contributed by atoms with E-state index in [1.807, 2.05) is 0 Å². The Labute approximate surface area is 63.7 Å². The SMILES string of the molecule is O=C(Cl)CNC1=NCCN1. The van der Waals surface area contributed by atoms with Gasteiger partial charge in [-0.2, -0.15) is 0 Å². The van der Waals surface area contributed by atoms with Gasteiger partial charge < -0.3 is 10.6 Å². The van der Waals surface area contributed by atoms with Gasteiger partial charge in [0.2, 0.25) is 5.24 Å². The summed E-state index contributed by atoms with van der Waals surface area (Å²) in [6.45, 7) is 1.73. The van der Waals surface area contributed by atoms with Crippen LogP contribution in [-0.2, 0) is 4.79 Å². The maximum atomic E-state index is 10.2. The molecule has 0 saturated carbocycles. The number of nitrogens with zero attached hydrogens (tertiary/aromatic N) is 1. The van der Waals surface area contributed by atoms with Crippen LogP contribution in [0, 0.1) is 0 Å². The molecule has 0 aliphatic carbocycles. The predicted octanol–water partition coefficient (Wildman–Crippen LogP) is -0.699. The van der Waals surface area contributed by atoms with Crippen molar-refractivity contribution in [1.82, 2.24) is 10.6 Å². The van der Waals surface area contributed by atoms with E-state index in [1.54, 1.807) is 0 Å². The minimum Gasteiger partial charge on any atom is -0.355 e. The summed E-state index contributed by atoms with van der Waals surface area (Å²) in [5, 5.41) is 5.27. The van der Waals surface area contributed by atoms with Crippen LogP contribution < -0.4 is 10.6 Å². The molecule has 0 bridgehead atoms. The van der Waals surface area contributed by atoms with Gasteiger partial charge >= 0.3 is 0 Å². The van der Waals surface area contributed by atoms with Crippen LogP contribution in [0.2, 0.25) is 0 Å². The normalized spacial score (nSPS) is 15.9. The summed E-state index contributed by atoms with van der Waals surface area (Å²) in [6, 6.07) is 0. The third kappa shape index (κ3) is 2.23. The Hall–Kier alpha value is -0.770. The van der Waals surface area contributed by atoms with Crippen LogP contribution in [0.5, 0.6) is 0 Å². The number of rotatable bonds is 2. The minimum absolute atomic E-state index is 0.132. The van der Waals surface area contributed by atoms with Crippen molar-refractivity contribution in [2.45, 2.75) is 0 Å². The van der Waals surface area contributed by atoms with Crippen molar-refractivity contribution in [2.75, 3.05) is 19.6 Å². The summed E-state index contributed by atoms with van der Waals surface area (Å²) in [6.07, 6.45) is 0. The topological polar surface area (TPSA) is 53.5 Å². The second-order valence-electron chi connectivity index (χ2n) is 1.87. The van der Waals surface area contributed by atoms with Crippen molar-refractivity contribution in [2.24, 2.45) is 4.99 Å². The van der Waals surface area contributed by atoms with Crippen LogP contribution in [0.25, 0.3) is 0 Å². The third-order valence-electron chi connectivity index (χ3n) is 1.07. The number of carbonyl (C=O) groups excluding carboxylic acids is 1. The molecule has 0 aromatic carbocycles. The van der Waals surface area contributed by atoms with E-state index in [2.05, 4.69) is 15.6 Å². The lowest BCUT2D eigenvalue weighted by Gasteiger charge is -2.01. The standard InChI is InChI=1S/C5H8ClN3O/c6-4(10)3-9-5-7-1-2-8-5/h1-3H2,(H2,7,8,9). The summed E-state index contributed by atoms with van der Waals surface area (Å²) in [7, 11) is 0. The van der Waals surface area contributed by atoms with Crippen LogP contribution >= 0.6 is 11.6 Å². The second kappa shape index (κ2) is 3.41. The van der Waals surface area contributed by atoms with Crippen molar-refractivity contribution in [3.05, 3.63) is 0 Å². The monoisotopic (exact) mass is 161 g/mol. The first kappa shape index (κ1) is 7.34. The molecule has 0 aromatic rings. The third-order valence-corrected chi connectivity index (χ3v) is 1.20. The van der Waals surface area contributed by atoms with Gasteiger partial charge in [-0.3, -0.25) is 9.79 Å². The number of hydrogen-bond acceptors (Lipinski definition) is 4. The Balaban J connectivity index is 2.19. The Bertz CT molecular complexity index is 168. The fourth-order valence-corrected chi connectivity index (χ4v) is 0.736. The fourth-order valence-electron chi connectivity index (χ4n) is 0.670. The summed E-state index contributed by atoms with van der Waals surface area (Å²) in [4.78, 5) is 14.2. The molecular formula is C5H8ClN3O. The second-order valence-corrected chi connectivity index (χ2v) is 2.29. The van der Waals surface area contributed by atoms with Gasteiger partial charge in [0.15, 0.2) is 5.96 Å². The molecule has 1 aliphatic rings. The Morgan fingerprint density at radius 2 is 2.70 bits per heavy atom. The van der Waals surface area contributed by atoms with E-state index < -0.39 is 5.24 Å². The van der Waals surface area contributed by atoms with Crippen LogP contribution in [0.3, 0.4) is 0 Å². The highest BCUT2D eigenvalue weighted by atomic mass is 35.5. The zero-order chi connectivity index (χ0) is 7.40. The van der Waals surface area contributed by atoms with Gasteiger partial charge in [-0.15, -0.1) is 0 Å². The minimum atomic E-state index is -0.406. The molecule has 4 nitrogen and oxygen atoms in total. The van der Waals surface area contributed by atoms with Gasteiger partial charge in [-0.25, -0.2) is 0 Å². The number of hydrogen-bond donors (Lipinski definition) is 2. The van der Waals surface area contributed by atoms with Gasteiger partial charge in [0.1, 0.15) is 0 Å². The van der Waals surface area contributed by atoms with E-state index in [1.165, 1.54) is 0 Å². The van der Waals surface area contributed by atoms with Gasteiger partial charge in [0, 0.05) is 6.54 Å². The summed E-state index contributed by atoms with van der Waals surface area (Å²) < 4.78 is 0. The van der Waals surface area contributed by atoms with E-state index in [0.717, 1.165) is 13.1 Å². The van der Waals surface area contributed by atoms with Gasteiger partial charge in [-0.1, -0.05) is 0 Å². The molecule has 1 rings (SSSR count). The number of halogens is 1. The molecule has 0 fully saturated rings. The quantitative estimate of drug-likeness (QED) is 0.527. The molecule has 2 N–H and O–H groups in total. The number of guanidine groups is 1. The van der Waals surface area contributed by atoms with Crippen molar-refractivity contribution in [3.63, 3.8) is 0 Å². The lowest BCUT2D eigenvalue weighted by molar-refractivity contribution is -0.110.